The fourth-order valence-corrected chi connectivity index (χ4v) is 1.81. The quantitative estimate of drug-likeness (QED) is 0.549. The van der Waals surface area contributed by atoms with E-state index in [0.717, 1.165) is 11.4 Å². The van der Waals surface area contributed by atoms with Crippen LogP contribution in [0.3, 0.4) is 0 Å². The van der Waals surface area contributed by atoms with Gasteiger partial charge in [-0.15, -0.1) is 5.10 Å². The molecule has 7 nitrogen and oxygen atoms in total. The zero-order valence-electron chi connectivity index (χ0n) is 10.9. The summed E-state index contributed by atoms with van der Waals surface area (Å²) in [7, 11) is 0. The SMILES string of the molecule is Cc1cc(NN)nc(-c2cnn(-c3ccccc3)n2)n1. The second-order valence-electron chi connectivity index (χ2n) is 4.22. The number of hydrazine groups is 1. The van der Waals surface area contributed by atoms with Gasteiger partial charge < -0.3 is 5.43 Å². The lowest BCUT2D eigenvalue weighted by Crippen LogP contribution is -2.10. The standard InChI is InChI=1S/C13H13N7/c1-9-7-12(18-14)17-13(16-9)11-8-15-20(19-11)10-5-3-2-4-6-10/h2-8H,14H2,1H3,(H,16,17,18). The van der Waals surface area contributed by atoms with Gasteiger partial charge >= 0.3 is 0 Å². The molecular weight excluding hydrogens is 254 g/mol. The van der Waals surface area contributed by atoms with Gasteiger partial charge in [0.1, 0.15) is 5.82 Å². The van der Waals surface area contributed by atoms with Crippen LogP contribution in [0, 0.1) is 6.92 Å². The first-order valence-electron chi connectivity index (χ1n) is 6.07. The molecule has 0 radical (unpaired) electrons. The molecule has 7 heteroatoms. The van der Waals surface area contributed by atoms with E-state index in [1.807, 2.05) is 37.3 Å². The predicted molar refractivity (Wildman–Crippen MR) is 74.9 cm³/mol. The first-order valence-corrected chi connectivity index (χ1v) is 6.07. The molecule has 20 heavy (non-hydrogen) atoms. The first kappa shape index (κ1) is 12.2. The molecule has 0 atom stereocenters. The summed E-state index contributed by atoms with van der Waals surface area (Å²) in [5.41, 5.74) is 4.78. The molecule has 2 aromatic heterocycles. The first-order chi connectivity index (χ1) is 9.76. The lowest BCUT2D eigenvalue weighted by atomic mass is 10.3. The van der Waals surface area contributed by atoms with Gasteiger partial charge in [0.25, 0.3) is 0 Å². The molecule has 0 saturated heterocycles. The summed E-state index contributed by atoms with van der Waals surface area (Å²) >= 11 is 0. The maximum atomic E-state index is 5.38. The molecule has 3 N–H and O–H groups in total. The van der Waals surface area contributed by atoms with Gasteiger partial charge in [-0.25, -0.2) is 15.8 Å². The molecule has 0 aliphatic heterocycles. The number of benzene rings is 1. The molecule has 2 heterocycles. The Morgan fingerprint density at radius 3 is 2.70 bits per heavy atom. The Bertz CT molecular complexity index is 721. The van der Waals surface area contributed by atoms with E-state index < -0.39 is 0 Å². The summed E-state index contributed by atoms with van der Waals surface area (Å²) in [6.07, 6.45) is 1.63. The number of nitrogens with zero attached hydrogens (tertiary/aromatic N) is 5. The molecule has 0 aliphatic carbocycles. The summed E-state index contributed by atoms with van der Waals surface area (Å²) in [5.74, 6) is 6.41. The normalized spacial score (nSPS) is 10.5. The molecule has 0 amide bonds. The van der Waals surface area contributed by atoms with E-state index in [1.54, 1.807) is 12.3 Å². The second-order valence-corrected chi connectivity index (χ2v) is 4.22. The average molecular weight is 267 g/mol. The Morgan fingerprint density at radius 2 is 1.95 bits per heavy atom. The van der Waals surface area contributed by atoms with Gasteiger partial charge in [0.15, 0.2) is 11.5 Å². The molecule has 0 unspecified atom stereocenters. The maximum Gasteiger partial charge on any atom is 0.184 e. The van der Waals surface area contributed by atoms with Crippen LogP contribution in [0.4, 0.5) is 5.82 Å². The molecular formula is C13H13N7. The summed E-state index contributed by atoms with van der Waals surface area (Å²) in [4.78, 5) is 10.1. The minimum Gasteiger partial charge on any atom is -0.308 e. The van der Waals surface area contributed by atoms with Crippen LogP contribution in [0.5, 0.6) is 0 Å². The smallest absolute Gasteiger partial charge is 0.184 e. The molecule has 0 fully saturated rings. The number of hydrogen-bond acceptors (Lipinski definition) is 6. The Morgan fingerprint density at radius 1 is 1.15 bits per heavy atom. The van der Waals surface area contributed by atoms with E-state index in [1.165, 1.54) is 4.80 Å². The number of nitrogens with two attached hydrogens (primary N) is 1. The minimum absolute atomic E-state index is 0.486. The van der Waals surface area contributed by atoms with Gasteiger partial charge in [-0.2, -0.15) is 9.90 Å². The molecule has 1 aromatic carbocycles. The van der Waals surface area contributed by atoms with Crippen molar-refractivity contribution in [3.8, 4) is 17.2 Å². The molecule has 0 spiro atoms. The molecule has 0 aliphatic rings. The fourth-order valence-electron chi connectivity index (χ4n) is 1.81. The fraction of sp³-hybridized carbons (Fsp3) is 0.0769. The lowest BCUT2D eigenvalue weighted by Gasteiger charge is -2.02. The lowest BCUT2D eigenvalue weighted by molar-refractivity contribution is 0.752. The van der Waals surface area contributed by atoms with E-state index in [4.69, 9.17) is 5.84 Å². The second kappa shape index (κ2) is 5.06. The van der Waals surface area contributed by atoms with Crippen molar-refractivity contribution in [3.05, 3.63) is 48.3 Å². The van der Waals surface area contributed by atoms with Gasteiger partial charge in [0, 0.05) is 11.8 Å². The largest absolute Gasteiger partial charge is 0.308 e. The summed E-state index contributed by atoms with van der Waals surface area (Å²) < 4.78 is 0. The van der Waals surface area contributed by atoms with Crippen LogP contribution in [0.25, 0.3) is 17.2 Å². The third-order valence-corrected chi connectivity index (χ3v) is 2.71. The molecule has 3 rings (SSSR count). The highest BCUT2D eigenvalue weighted by Gasteiger charge is 2.09. The Kier molecular flexibility index (Phi) is 3.10. The monoisotopic (exact) mass is 267 g/mol. The van der Waals surface area contributed by atoms with Crippen LogP contribution >= 0.6 is 0 Å². The Hall–Kier alpha value is -2.80. The number of aromatic nitrogens is 5. The van der Waals surface area contributed by atoms with Gasteiger partial charge in [-0.05, 0) is 19.1 Å². The van der Waals surface area contributed by atoms with E-state index in [2.05, 4.69) is 25.6 Å². The minimum atomic E-state index is 0.486. The van der Waals surface area contributed by atoms with Crippen molar-refractivity contribution in [3.63, 3.8) is 0 Å². The van der Waals surface area contributed by atoms with E-state index in [9.17, 15) is 0 Å². The highest BCUT2D eigenvalue weighted by Crippen LogP contribution is 2.15. The van der Waals surface area contributed by atoms with Crippen molar-refractivity contribution >= 4 is 5.82 Å². The van der Waals surface area contributed by atoms with Gasteiger partial charge in [-0.3, -0.25) is 0 Å². The number of hydrogen-bond donors (Lipinski definition) is 2. The van der Waals surface area contributed by atoms with Gasteiger partial charge in [0.05, 0.1) is 11.9 Å². The zero-order chi connectivity index (χ0) is 13.9. The van der Waals surface area contributed by atoms with Crippen molar-refractivity contribution < 1.29 is 0 Å². The number of aryl methyl sites for hydroxylation is 1. The predicted octanol–water partition coefficient (Wildman–Crippen LogP) is 1.32. The van der Waals surface area contributed by atoms with Gasteiger partial charge in [-0.1, -0.05) is 18.2 Å². The van der Waals surface area contributed by atoms with Crippen LogP contribution in [0.15, 0.2) is 42.6 Å². The summed E-state index contributed by atoms with van der Waals surface area (Å²) in [6.45, 7) is 1.87. The van der Waals surface area contributed by atoms with Crippen molar-refractivity contribution in [1.82, 2.24) is 25.0 Å². The number of rotatable bonds is 3. The summed E-state index contributed by atoms with van der Waals surface area (Å²) in [6, 6.07) is 11.4. The number of anilines is 1. The van der Waals surface area contributed by atoms with Crippen molar-refractivity contribution in [2.75, 3.05) is 5.43 Å². The Labute approximate surface area is 115 Å². The average Bonchev–Trinajstić information content (AvgIpc) is 2.97. The van der Waals surface area contributed by atoms with Crippen LogP contribution in [-0.4, -0.2) is 25.0 Å². The van der Waals surface area contributed by atoms with Crippen LogP contribution in [-0.2, 0) is 0 Å². The highest BCUT2D eigenvalue weighted by molar-refractivity contribution is 5.51. The van der Waals surface area contributed by atoms with Crippen LogP contribution < -0.4 is 11.3 Å². The number of nitrogen functional groups attached to an aromatic ring is 1. The van der Waals surface area contributed by atoms with Crippen molar-refractivity contribution in [2.24, 2.45) is 5.84 Å². The van der Waals surface area contributed by atoms with Gasteiger partial charge in [0.2, 0.25) is 0 Å². The van der Waals surface area contributed by atoms with E-state index in [-0.39, 0.29) is 0 Å². The third kappa shape index (κ3) is 2.34. The molecule has 100 valence electrons. The van der Waals surface area contributed by atoms with Crippen LogP contribution in [0.2, 0.25) is 0 Å². The Balaban J connectivity index is 2.00. The molecule has 0 bridgehead atoms. The third-order valence-electron chi connectivity index (χ3n) is 2.71. The number of para-hydroxylation sites is 1. The zero-order valence-corrected chi connectivity index (χ0v) is 10.9. The van der Waals surface area contributed by atoms with E-state index >= 15 is 0 Å². The number of nitrogens with one attached hydrogen (secondary N) is 1. The van der Waals surface area contributed by atoms with E-state index in [0.29, 0.717) is 17.3 Å². The topological polar surface area (TPSA) is 94.5 Å². The summed E-state index contributed by atoms with van der Waals surface area (Å²) in [5, 5.41) is 8.60. The molecule has 0 saturated carbocycles. The van der Waals surface area contributed by atoms with Crippen molar-refractivity contribution in [2.45, 2.75) is 6.92 Å². The molecule has 3 aromatic rings. The van der Waals surface area contributed by atoms with Crippen molar-refractivity contribution in [1.29, 1.82) is 0 Å². The maximum absolute atomic E-state index is 5.38. The highest BCUT2D eigenvalue weighted by atomic mass is 15.5. The van der Waals surface area contributed by atoms with Crippen LogP contribution in [0.1, 0.15) is 5.69 Å².